The van der Waals surface area contributed by atoms with Crippen LogP contribution >= 0.6 is 11.3 Å². The third-order valence-corrected chi connectivity index (χ3v) is 9.95. The molecule has 0 bridgehead atoms. The van der Waals surface area contributed by atoms with Crippen molar-refractivity contribution in [3.05, 3.63) is 93.7 Å². The van der Waals surface area contributed by atoms with Crippen LogP contribution in [0.1, 0.15) is 43.5 Å². The average Bonchev–Trinajstić information content (AvgIpc) is 3.62. The van der Waals surface area contributed by atoms with Crippen LogP contribution in [-0.4, -0.2) is 40.3 Å². The fourth-order valence-corrected chi connectivity index (χ4v) is 7.46. The Morgan fingerprint density at radius 2 is 1.79 bits per heavy atom. The number of thiazole rings is 1. The second-order valence-corrected chi connectivity index (χ2v) is 12.3. The molecule has 11 heteroatoms. The fraction of sp³-hybridized carbons (Fsp3) is 0.321. The number of benzene rings is 2. The van der Waals surface area contributed by atoms with Crippen molar-refractivity contribution in [2.75, 3.05) is 7.11 Å². The lowest BCUT2D eigenvalue weighted by molar-refractivity contribution is -0.384. The van der Waals surface area contributed by atoms with Crippen molar-refractivity contribution >= 4 is 27.0 Å². The first-order chi connectivity index (χ1) is 18.8. The molecule has 0 unspecified atom stereocenters. The van der Waals surface area contributed by atoms with E-state index in [2.05, 4.69) is 0 Å². The Morgan fingerprint density at radius 1 is 1.08 bits per heavy atom. The normalized spacial score (nSPS) is 14.5. The highest BCUT2D eigenvalue weighted by atomic mass is 32.2. The van der Waals surface area contributed by atoms with Crippen LogP contribution in [0.3, 0.4) is 0 Å². The van der Waals surface area contributed by atoms with Crippen molar-refractivity contribution in [3.8, 4) is 16.3 Å². The predicted octanol–water partition coefficient (Wildman–Crippen LogP) is 6.10. The first kappa shape index (κ1) is 27.0. The van der Waals surface area contributed by atoms with Crippen LogP contribution < -0.4 is 4.74 Å². The van der Waals surface area contributed by atoms with Crippen LogP contribution in [-0.2, 0) is 23.1 Å². The highest BCUT2D eigenvalue weighted by Crippen LogP contribution is 2.31. The SMILES string of the molecule is COc1ccc(-c2nc(Cn3cccc3CN(C3CCCCC3)S(=O)(=O)c3ccc([N+](=O)[O-])cc3)cs2)cc1. The summed E-state index contributed by atoms with van der Waals surface area (Å²) in [5.74, 6) is 0.790. The summed E-state index contributed by atoms with van der Waals surface area (Å²) in [4.78, 5) is 15.4. The lowest BCUT2D eigenvalue weighted by Crippen LogP contribution is -2.41. The highest BCUT2D eigenvalue weighted by Gasteiger charge is 2.33. The first-order valence-electron chi connectivity index (χ1n) is 12.8. The molecule has 1 saturated carbocycles. The Hall–Kier alpha value is -3.54. The molecule has 1 fully saturated rings. The van der Waals surface area contributed by atoms with Gasteiger partial charge in [-0.1, -0.05) is 19.3 Å². The lowest BCUT2D eigenvalue weighted by Gasteiger charge is -2.33. The van der Waals surface area contributed by atoms with E-state index in [1.54, 1.807) is 22.8 Å². The zero-order chi connectivity index (χ0) is 27.4. The van der Waals surface area contributed by atoms with Crippen LogP contribution in [0.2, 0.25) is 0 Å². The van der Waals surface area contributed by atoms with Crippen LogP contribution in [0.15, 0.2) is 77.1 Å². The van der Waals surface area contributed by atoms with E-state index in [9.17, 15) is 18.5 Å². The third kappa shape index (κ3) is 6.05. The quantitative estimate of drug-likeness (QED) is 0.170. The van der Waals surface area contributed by atoms with Gasteiger partial charge in [0.15, 0.2) is 0 Å². The minimum Gasteiger partial charge on any atom is -0.497 e. The maximum absolute atomic E-state index is 13.8. The number of ether oxygens (including phenoxy) is 1. The number of methoxy groups -OCH3 is 1. The lowest BCUT2D eigenvalue weighted by atomic mass is 9.95. The molecule has 0 amide bonds. The first-order valence-corrected chi connectivity index (χ1v) is 15.2. The van der Waals surface area contributed by atoms with Crippen LogP contribution in [0.5, 0.6) is 5.75 Å². The minimum atomic E-state index is -3.87. The molecule has 5 rings (SSSR count). The van der Waals surface area contributed by atoms with Crippen molar-refractivity contribution in [1.29, 1.82) is 0 Å². The Morgan fingerprint density at radius 3 is 2.46 bits per heavy atom. The molecule has 0 spiro atoms. The molecule has 1 aliphatic carbocycles. The van der Waals surface area contributed by atoms with E-state index in [0.717, 1.165) is 59.8 Å². The van der Waals surface area contributed by atoms with E-state index in [-0.39, 0.29) is 23.2 Å². The maximum atomic E-state index is 13.8. The zero-order valence-electron chi connectivity index (χ0n) is 21.6. The third-order valence-electron chi connectivity index (χ3n) is 7.10. The largest absolute Gasteiger partial charge is 0.497 e. The van der Waals surface area contributed by atoms with Gasteiger partial charge >= 0.3 is 0 Å². The summed E-state index contributed by atoms with van der Waals surface area (Å²) < 4.78 is 36.5. The van der Waals surface area contributed by atoms with Crippen LogP contribution in [0.4, 0.5) is 5.69 Å². The predicted molar refractivity (Wildman–Crippen MR) is 150 cm³/mol. The Bertz CT molecular complexity index is 1520. The topological polar surface area (TPSA) is 108 Å². The molecule has 2 heterocycles. The van der Waals surface area contributed by atoms with Gasteiger partial charge in [-0.05, 0) is 61.4 Å². The zero-order valence-corrected chi connectivity index (χ0v) is 23.2. The smallest absolute Gasteiger partial charge is 0.269 e. The van der Waals surface area contributed by atoms with Gasteiger partial charge in [0.25, 0.3) is 5.69 Å². The number of hydrogen-bond donors (Lipinski definition) is 0. The van der Waals surface area contributed by atoms with Gasteiger partial charge in [-0.2, -0.15) is 4.31 Å². The highest BCUT2D eigenvalue weighted by molar-refractivity contribution is 7.89. The molecule has 2 aromatic carbocycles. The Kier molecular flexibility index (Phi) is 8.10. The summed E-state index contributed by atoms with van der Waals surface area (Å²) in [7, 11) is -2.24. The van der Waals surface area contributed by atoms with Gasteiger partial charge in [0.1, 0.15) is 10.8 Å². The molecule has 204 valence electrons. The van der Waals surface area contributed by atoms with Crippen LogP contribution in [0.25, 0.3) is 10.6 Å². The molecular weight excluding hydrogens is 536 g/mol. The molecule has 2 aromatic heterocycles. The summed E-state index contributed by atoms with van der Waals surface area (Å²) in [6, 6.07) is 16.7. The van der Waals surface area contributed by atoms with Crippen molar-refractivity contribution in [2.45, 2.75) is 56.1 Å². The monoisotopic (exact) mass is 566 g/mol. The summed E-state index contributed by atoms with van der Waals surface area (Å²) >= 11 is 1.57. The maximum Gasteiger partial charge on any atom is 0.269 e. The van der Waals surface area contributed by atoms with Gasteiger partial charge < -0.3 is 9.30 Å². The standard InChI is InChI=1S/C28H30N4O5S2/c1-37-26-13-9-21(10-14-26)28-29-22(20-38-28)18-30-17-5-8-25(30)19-31(23-6-3-2-4-7-23)39(35,36)27-15-11-24(12-16-27)32(33)34/h5,8-17,20,23H,2-4,6-7,18-19H2,1H3. The second kappa shape index (κ2) is 11.7. The van der Waals surface area contributed by atoms with E-state index in [1.165, 1.54) is 24.3 Å². The average molecular weight is 567 g/mol. The van der Waals surface area contributed by atoms with Crippen molar-refractivity contribution in [1.82, 2.24) is 13.9 Å². The van der Waals surface area contributed by atoms with Gasteiger partial charge in [0.05, 0.1) is 35.7 Å². The van der Waals surface area contributed by atoms with E-state index in [0.29, 0.717) is 6.54 Å². The molecule has 0 saturated heterocycles. The summed E-state index contributed by atoms with van der Waals surface area (Å²) in [5, 5.41) is 14.0. The second-order valence-electron chi connectivity index (χ2n) is 9.59. The molecular formula is C28H30N4O5S2. The van der Waals surface area contributed by atoms with E-state index in [1.807, 2.05) is 52.5 Å². The Labute approximate surface area is 231 Å². The van der Waals surface area contributed by atoms with Gasteiger partial charge in [0, 0.05) is 41.0 Å². The molecule has 9 nitrogen and oxygen atoms in total. The Balaban J connectivity index is 1.39. The van der Waals surface area contributed by atoms with E-state index < -0.39 is 14.9 Å². The number of nitro benzene ring substituents is 1. The van der Waals surface area contributed by atoms with Gasteiger partial charge in [-0.25, -0.2) is 13.4 Å². The number of aromatic nitrogens is 2. The summed E-state index contributed by atoms with van der Waals surface area (Å²) in [6.45, 7) is 0.734. The summed E-state index contributed by atoms with van der Waals surface area (Å²) in [6.07, 6.45) is 6.59. The minimum absolute atomic E-state index is 0.0698. The molecule has 0 atom stereocenters. The number of hydrogen-bond acceptors (Lipinski definition) is 7. The molecule has 0 aliphatic heterocycles. The van der Waals surface area contributed by atoms with Crippen LogP contribution in [0, 0.1) is 10.1 Å². The van der Waals surface area contributed by atoms with Gasteiger partial charge in [-0.15, -0.1) is 11.3 Å². The van der Waals surface area contributed by atoms with Crippen molar-refractivity contribution in [3.63, 3.8) is 0 Å². The number of nitro groups is 1. The fourth-order valence-electron chi connectivity index (χ4n) is 4.98. The number of rotatable bonds is 10. The van der Waals surface area contributed by atoms with E-state index in [4.69, 9.17) is 9.72 Å². The van der Waals surface area contributed by atoms with Crippen molar-refractivity contribution in [2.24, 2.45) is 0 Å². The molecule has 1 aliphatic rings. The number of non-ortho nitro benzene ring substituents is 1. The number of sulfonamides is 1. The van der Waals surface area contributed by atoms with E-state index >= 15 is 0 Å². The van der Waals surface area contributed by atoms with Gasteiger partial charge in [-0.3, -0.25) is 10.1 Å². The molecule has 0 N–H and O–H groups in total. The molecule has 4 aromatic rings. The number of nitrogens with zero attached hydrogens (tertiary/aromatic N) is 4. The van der Waals surface area contributed by atoms with Gasteiger partial charge in [0.2, 0.25) is 10.0 Å². The molecule has 39 heavy (non-hydrogen) atoms. The summed E-state index contributed by atoms with van der Waals surface area (Å²) in [5.41, 5.74) is 2.64. The van der Waals surface area contributed by atoms with Crippen molar-refractivity contribution < 1.29 is 18.1 Å². The molecule has 0 radical (unpaired) electrons.